The third kappa shape index (κ3) is 7.67. The van der Waals surface area contributed by atoms with Crippen LogP contribution in [0.5, 0.6) is 5.75 Å². The van der Waals surface area contributed by atoms with E-state index in [9.17, 15) is 9.59 Å². The molecule has 0 saturated carbocycles. The predicted molar refractivity (Wildman–Crippen MR) is 162 cm³/mol. The monoisotopic (exact) mass is 579 g/mol. The number of fused-ring (bicyclic) bond motifs is 3. The van der Waals surface area contributed by atoms with Crippen molar-refractivity contribution < 1.29 is 19.1 Å². The molecule has 218 valence electrons. The van der Waals surface area contributed by atoms with Crippen molar-refractivity contribution in [2.24, 2.45) is 0 Å². The number of nitrogen functional groups attached to an aromatic ring is 1. The van der Waals surface area contributed by atoms with Gasteiger partial charge in [-0.3, -0.25) is 4.79 Å². The molecule has 0 radical (unpaired) electrons. The highest BCUT2D eigenvalue weighted by Gasteiger charge is 2.19. The number of unbranched alkanes of at least 4 members (excludes halogenated alkanes) is 1. The van der Waals surface area contributed by atoms with E-state index in [4.69, 9.17) is 31.8 Å². The molecule has 0 aliphatic heterocycles. The summed E-state index contributed by atoms with van der Waals surface area (Å²) in [6, 6.07) is 15.3. The molecule has 0 spiro atoms. The lowest BCUT2D eigenvalue weighted by Gasteiger charge is -2.23. The second kappa shape index (κ2) is 14.2. The molecule has 0 aliphatic carbocycles. The number of nitrogens with zero attached hydrogens (tertiary/aromatic N) is 4. The summed E-state index contributed by atoms with van der Waals surface area (Å²) in [6.45, 7) is 7.09. The maximum atomic E-state index is 12.8. The molecule has 0 aliphatic rings. The van der Waals surface area contributed by atoms with Crippen LogP contribution in [0.15, 0.2) is 48.5 Å². The Morgan fingerprint density at radius 1 is 1.10 bits per heavy atom. The van der Waals surface area contributed by atoms with Crippen molar-refractivity contribution >= 4 is 51.2 Å². The van der Waals surface area contributed by atoms with E-state index in [1.54, 1.807) is 24.8 Å². The molecule has 41 heavy (non-hydrogen) atoms. The lowest BCUT2D eigenvalue weighted by atomic mass is 10.1. The van der Waals surface area contributed by atoms with Crippen LogP contribution >= 0.6 is 11.6 Å². The van der Waals surface area contributed by atoms with Crippen molar-refractivity contribution in [2.75, 3.05) is 24.8 Å². The van der Waals surface area contributed by atoms with E-state index in [1.165, 1.54) is 0 Å². The van der Waals surface area contributed by atoms with E-state index in [2.05, 4.69) is 16.5 Å². The van der Waals surface area contributed by atoms with Gasteiger partial charge in [0.2, 0.25) is 5.91 Å². The molecule has 2 aromatic carbocycles. The Balaban J connectivity index is 1.51. The van der Waals surface area contributed by atoms with Crippen LogP contribution in [0.4, 0.5) is 5.82 Å². The maximum Gasteiger partial charge on any atom is 0.344 e. The molecule has 0 unspecified atom stereocenters. The molecule has 10 heteroatoms. The van der Waals surface area contributed by atoms with E-state index >= 15 is 0 Å². The van der Waals surface area contributed by atoms with Gasteiger partial charge in [-0.25, -0.2) is 14.8 Å². The summed E-state index contributed by atoms with van der Waals surface area (Å²) >= 11 is 5.99. The summed E-state index contributed by atoms with van der Waals surface area (Å²) in [5, 5.41) is 1.01. The number of benzene rings is 2. The summed E-state index contributed by atoms with van der Waals surface area (Å²) in [7, 11) is 0. The van der Waals surface area contributed by atoms with Crippen LogP contribution in [0.3, 0.4) is 0 Å². The van der Waals surface area contributed by atoms with Gasteiger partial charge in [0.25, 0.3) is 0 Å². The number of pyridine rings is 1. The molecule has 2 aromatic heterocycles. The smallest absolute Gasteiger partial charge is 0.344 e. The van der Waals surface area contributed by atoms with Gasteiger partial charge in [-0.2, -0.15) is 0 Å². The van der Waals surface area contributed by atoms with E-state index in [-0.39, 0.29) is 24.5 Å². The second-order valence-electron chi connectivity index (χ2n) is 10.3. The fourth-order valence-electron chi connectivity index (χ4n) is 4.86. The number of para-hydroxylation sites is 1. The van der Waals surface area contributed by atoms with Crippen LogP contribution in [-0.4, -0.2) is 56.4 Å². The number of halogens is 1. The molecule has 2 N–H and O–H groups in total. The normalized spacial score (nSPS) is 11.3. The SMILES string of the molecule is CCCCc1nc2c(N)nc3ccccc3c2n1CCCN(Cc1cccc(OCC(=O)OC(C)C)c1)C(=O)CCl. The van der Waals surface area contributed by atoms with Crippen molar-refractivity contribution in [3.05, 3.63) is 59.9 Å². The van der Waals surface area contributed by atoms with Crippen LogP contribution in [-0.2, 0) is 33.8 Å². The summed E-state index contributed by atoms with van der Waals surface area (Å²) in [6.07, 6.45) is 3.39. The Hall–Kier alpha value is -3.85. The average molecular weight is 580 g/mol. The molecule has 9 nitrogen and oxygen atoms in total. The highest BCUT2D eigenvalue weighted by Crippen LogP contribution is 2.29. The quantitative estimate of drug-likeness (QED) is 0.155. The van der Waals surface area contributed by atoms with Gasteiger partial charge in [0.15, 0.2) is 12.4 Å². The number of rotatable bonds is 14. The number of hydrogen-bond donors (Lipinski definition) is 1. The van der Waals surface area contributed by atoms with Crippen LogP contribution in [0.1, 0.15) is 51.4 Å². The van der Waals surface area contributed by atoms with E-state index in [0.29, 0.717) is 37.6 Å². The summed E-state index contributed by atoms with van der Waals surface area (Å²) < 4.78 is 13.0. The average Bonchev–Trinajstić information content (AvgIpc) is 3.33. The second-order valence-corrected chi connectivity index (χ2v) is 10.5. The first-order valence-corrected chi connectivity index (χ1v) is 14.6. The zero-order chi connectivity index (χ0) is 29.4. The molecule has 0 fully saturated rings. The van der Waals surface area contributed by atoms with Gasteiger partial charge < -0.3 is 24.7 Å². The predicted octanol–water partition coefficient (Wildman–Crippen LogP) is 5.50. The zero-order valence-corrected chi connectivity index (χ0v) is 24.7. The maximum absolute atomic E-state index is 12.8. The van der Waals surface area contributed by atoms with Crippen molar-refractivity contribution in [3.63, 3.8) is 0 Å². The number of ether oxygens (including phenoxy) is 2. The summed E-state index contributed by atoms with van der Waals surface area (Å²) in [5.41, 5.74) is 9.74. The minimum atomic E-state index is -0.431. The molecular weight excluding hydrogens is 542 g/mol. The molecule has 0 saturated heterocycles. The van der Waals surface area contributed by atoms with Gasteiger partial charge in [-0.15, -0.1) is 11.6 Å². The number of aryl methyl sites for hydroxylation is 2. The van der Waals surface area contributed by atoms with Gasteiger partial charge >= 0.3 is 5.97 Å². The highest BCUT2D eigenvalue weighted by molar-refractivity contribution is 6.27. The molecule has 1 amide bonds. The number of hydrogen-bond acceptors (Lipinski definition) is 7. The van der Waals surface area contributed by atoms with Crippen LogP contribution in [0.2, 0.25) is 0 Å². The first-order valence-electron chi connectivity index (χ1n) is 14.1. The Kier molecular flexibility index (Phi) is 10.4. The lowest BCUT2D eigenvalue weighted by molar-refractivity contribution is -0.149. The number of aromatic nitrogens is 3. The minimum Gasteiger partial charge on any atom is -0.482 e. The number of imidazole rings is 1. The molecule has 4 rings (SSSR count). The largest absolute Gasteiger partial charge is 0.482 e. The van der Waals surface area contributed by atoms with Crippen molar-refractivity contribution in [3.8, 4) is 5.75 Å². The van der Waals surface area contributed by atoms with Crippen molar-refractivity contribution in [2.45, 2.75) is 65.6 Å². The van der Waals surface area contributed by atoms with Gasteiger partial charge in [-0.05, 0) is 50.5 Å². The Morgan fingerprint density at radius 3 is 2.66 bits per heavy atom. The minimum absolute atomic E-state index is 0.111. The van der Waals surface area contributed by atoms with E-state index < -0.39 is 5.97 Å². The fraction of sp³-hybridized carbons (Fsp3) is 0.419. The molecule has 0 atom stereocenters. The first kappa shape index (κ1) is 30.1. The van der Waals surface area contributed by atoms with Gasteiger partial charge in [-0.1, -0.05) is 43.7 Å². The molecule has 4 aromatic rings. The van der Waals surface area contributed by atoms with E-state index in [1.807, 2.05) is 42.5 Å². The summed E-state index contributed by atoms with van der Waals surface area (Å²) in [4.78, 5) is 35.9. The third-order valence-corrected chi connectivity index (χ3v) is 6.94. The topological polar surface area (TPSA) is 113 Å². The Morgan fingerprint density at radius 2 is 1.90 bits per heavy atom. The first-order chi connectivity index (χ1) is 19.8. The number of anilines is 1. The lowest BCUT2D eigenvalue weighted by Crippen LogP contribution is -2.33. The number of amides is 1. The van der Waals surface area contributed by atoms with Crippen molar-refractivity contribution in [1.82, 2.24) is 19.4 Å². The zero-order valence-electron chi connectivity index (χ0n) is 23.9. The summed E-state index contributed by atoms with van der Waals surface area (Å²) in [5.74, 6) is 1.24. The number of alkyl halides is 1. The number of nitrogens with two attached hydrogens (primary N) is 1. The number of esters is 1. The fourth-order valence-corrected chi connectivity index (χ4v) is 5.03. The van der Waals surface area contributed by atoms with Crippen LogP contribution < -0.4 is 10.5 Å². The van der Waals surface area contributed by atoms with Crippen LogP contribution in [0.25, 0.3) is 21.9 Å². The van der Waals surface area contributed by atoms with Gasteiger partial charge in [0.05, 0.1) is 17.1 Å². The van der Waals surface area contributed by atoms with Crippen LogP contribution in [0, 0.1) is 0 Å². The standard InChI is InChI=1S/C31H38ClN5O4/c1-4-5-14-26-35-29-30(24-12-6-7-13-25(24)34-31(29)33)37(26)16-9-15-36(27(38)18-32)19-22-10-8-11-23(17-22)40-20-28(39)41-21(2)3/h6-8,10-13,17,21H,4-5,9,14-16,18-20H2,1-3H3,(H2,33,34). The van der Waals surface area contributed by atoms with E-state index in [0.717, 1.165) is 52.6 Å². The number of carbonyl (C=O) groups is 2. The van der Waals surface area contributed by atoms with Gasteiger partial charge in [0.1, 0.15) is 23.0 Å². The molecule has 2 heterocycles. The number of carbonyl (C=O) groups excluding carboxylic acids is 2. The Bertz CT molecular complexity index is 1500. The Labute approximate surface area is 245 Å². The van der Waals surface area contributed by atoms with Gasteiger partial charge in [0, 0.05) is 31.4 Å². The molecule has 0 bridgehead atoms. The molecular formula is C31H38ClN5O4. The third-order valence-electron chi connectivity index (χ3n) is 6.72. The van der Waals surface area contributed by atoms with Crippen molar-refractivity contribution in [1.29, 1.82) is 0 Å². The highest BCUT2D eigenvalue weighted by atomic mass is 35.5.